The zero-order valence-corrected chi connectivity index (χ0v) is 12.5. The van der Waals surface area contributed by atoms with Crippen molar-refractivity contribution in [3.8, 4) is 11.5 Å². The summed E-state index contributed by atoms with van der Waals surface area (Å²) in [6, 6.07) is 8.16. The zero-order chi connectivity index (χ0) is 15.6. The largest absolute Gasteiger partial charge is 0.447 e. The van der Waals surface area contributed by atoms with Gasteiger partial charge in [-0.1, -0.05) is 22.0 Å². The van der Waals surface area contributed by atoms with Crippen LogP contribution in [0.15, 0.2) is 40.9 Å². The lowest BCUT2D eigenvalue weighted by Crippen LogP contribution is -1.98. The number of ether oxygens (including phenoxy) is 1. The molecule has 0 aliphatic carbocycles. The maximum absolute atomic E-state index is 13.7. The van der Waals surface area contributed by atoms with Gasteiger partial charge in [-0.15, -0.1) is 0 Å². The number of hydrogen-bond donors (Lipinski definition) is 1. The van der Waals surface area contributed by atoms with Crippen molar-refractivity contribution < 1.29 is 19.2 Å². The Balaban J connectivity index is 2.41. The van der Waals surface area contributed by atoms with E-state index in [2.05, 4.69) is 15.9 Å². The van der Waals surface area contributed by atoms with Gasteiger partial charge in [0.25, 0.3) is 0 Å². The number of nitro groups is 1. The molecule has 0 radical (unpaired) electrons. The fourth-order valence-corrected chi connectivity index (χ4v) is 2.03. The van der Waals surface area contributed by atoms with Gasteiger partial charge >= 0.3 is 5.69 Å². The Morgan fingerprint density at radius 3 is 2.52 bits per heavy atom. The van der Waals surface area contributed by atoms with Crippen LogP contribution in [0.3, 0.4) is 0 Å². The second kappa shape index (κ2) is 6.19. The molecule has 5 nitrogen and oxygen atoms in total. The van der Waals surface area contributed by atoms with Gasteiger partial charge in [0, 0.05) is 10.5 Å². The molecular formula is C14H11BrFNO4. The third kappa shape index (κ3) is 3.56. The monoisotopic (exact) mass is 355 g/mol. The first kappa shape index (κ1) is 15.4. The molecule has 0 aliphatic rings. The van der Waals surface area contributed by atoms with Gasteiger partial charge in [-0.05, 0) is 36.8 Å². The quantitative estimate of drug-likeness (QED) is 0.653. The molecule has 0 amide bonds. The Morgan fingerprint density at radius 2 is 1.95 bits per heavy atom. The van der Waals surface area contributed by atoms with E-state index in [0.717, 1.165) is 0 Å². The molecule has 7 heteroatoms. The van der Waals surface area contributed by atoms with Gasteiger partial charge in [-0.25, -0.2) is 4.39 Å². The normalized spacial score (nSPS) is 12.0. The SMILES string of the molecule is C[C@H](O)c1ccc(Oc2ccc(Br)cc2F)c([N+](=O)[O-])c1. The molecule has 0 spiro atoms. The van der Waals surface area contributed by atoms with E-state index in [1.54, 1.807) is 6.07 Å². The maximum Gasteiger partial charge on any atom is 0.311 e. The third-order valence-electron chi connectivity index (χ3n) is 2.78. The first-order valence-corrected chi connectivity index (χ1v) is 6.77. The summed E-state index contributed by atoms with van der Waals surface area (Å²) in [7, 11) is 0. The van der Waals surface area contributed by atoms with E-state index in [-0.39, 0.29) is 17.2 Å². The Labute approximate surface area is 128 Å². The second-order valence-electron chi connectivity index (χ2n) is 4.34. The molecule has 1 atom stereocenters. The topological polar surface area (TPSA) is 72.6 Å². The lowest BCUT2D eigenvalue weighted by Gasteiger charge is -2.10. The van der Waals surface area contributed by atoms with Crippen LogP contribution in [0.2, 0.25) is 0 Å². The second-order valence-corrected chi connectivity index (χ2v) is 5.25. The first-order valence-electron chi connectivity index (χ1n) is 5.98. The maximum atomic E-state index is 13.7. The predicted octanol–water partition coefficient (Wildman–Crippen LogP) is 4.34. The van der Waals surface area contributed by atoms with Crippen LogP contribution in [-0.2, 0) is 0 Å². The highest BCUT2D eigenvalue weighted by Crippen LogP contribution is 2.35. The van der Waals surface area contributed by atoms with Crippen LogP contribution >= 0.6 is 15.9 Å². The molecule has 21 heavy (non-hydrogen) atoms. The Kier molecular flexibility index (Phi) is 4.54. The summed E-state index contributed by atoms with van der Waals surface area (Å²) < 4.78 is 19.5. The van der Waals surface area contributed by atoms with Crippen molar-refractivity contribution in [2.24, 2.45) is 0 Å². The van der Waals surface area contributed by atoms with Crippen LogP contribution in [0.5, 0.6) is 11.5 Å². The van der Waals surface area contributed by atoms with Crippen molar-refractivity contribution in [1.82, 2.24) is 0 Å². The minimum atomic E-state index is -0.845. The molecule has 1 N–H and O–H groups in total. The highest BCUT2D eigenvalue weighted by molar-refractivity contribution is 9.10. The third-order valence-corrected chi connectivity index (χ3v) is 3.27. The molecule has 0 aliphatic heterocycles. The number of aliphatic hydroxyl groups excluding tert-OH is 1. The van der Waals surface area contributed by atoms with Crippen LogP contribution in [0.25, 0.3) is 0 Å². The lowest BCUT2D eigenvalue weighted by molar-refractivity contribution is -0.385. The van der Waals surface area contributed by atoms with Crippen molar-refractivity contribution in [2.75, 3.05) is 0 Å². The molecule has 0 heterocycles. The van der Waals surface area contributed by atoms with Gasteiger partial charge in [0.05, 0.1) is 11.0 Å². The van der Waals surface area contributed by atoms with Crippen LogP contribution in [0.4, 0.5) is 10.1 Å². The van der Waals surface area contributed by atoms with Crippen molar-refractivity contribution in [3.05, 3.63) is 62.4 Å². The van der Waals surface area contributed by atoms with Crippen molar-refractivity contribution in [3.63, 3.8) is 0 Å². The van der Waals surface area contributed by atoms with E-state index < -0.39 is 16.8 Å². The minimum Gasteiger partial charge on any atom is -0.447 e. The van der Waals surface area contributed by atoms with E-state index in [1.807, 2.05) is 0 Å². The molecule has 0 saturated heterocycles. The lowest BCUT2D eigenvalue weighted by atomic mass is 10.1. The van der Waals surface area contributed by atoms with E-state index >= 15 is 0 Å². The molecular weight excluding hydrogens is 345 g/mol. The molecule has 0 aromatic heterocycles. The number of aliphatic hydroxyl groups is 1. The van der Waals surface area contributed by atoms with Crippen LogP contribution < -0.4 is 4.74 Å². The minimum absolute atomic E-state index is 0.0920. The number of halogens is 2. The molecule has 2 aromatic rings. The number of rotatable bonds is 4. The Bertz CT molecular complexity index is 691. The molecule has 0 unspecified atom stereocenters. The van der Waals surface area contributed by atoms with Crippen molar-refractivity contribution in [1.29, 1.82) is 0 Å². The number of nitro benzene ring substituents is 1. The number of nitrogens with zero attached hydrogens (tertiary/aromatic N) is 1. The summed E-state index contributed by atoms with van der Waals surface area (Å²) in [4.78, 5) is 10.4. The summed E-state index contributed by atoms with van der Waals surface area (Å²) in [5, 5.41) is 20.5. The van der Waals surface area contributed by atoms with Crippen molar-refractivity contribution in [2.45, 2.75) is 13.0 Å². The summed E-state index contributed by atoms with van der Waals surface area (Å²) in [5.74, 6) is -0.852. The fraction of sp³-hybridized carbons (Fsp3) is 0.143. The fourth-order valence-electron chi connectivity index (χ4n) is 1.70. The molecule has 0 fully saturated rings. The van der Waals surface area contributed by atoms with Crippen molar-refractivity contribution >= 4 is 21.6 Å². The van der Waals surface area contributed by atoms with Crippen LogP contribution in [0.1, 0.15) is 18.6 Å². The molecule has 0 saturated carbocycles. The van der Waals surface area contributed by atoms with E-state index in [0.29, 0.717) is 10.0 Å². The highest BCUT2D eigenvalue weighted by Gasteiger charge is 2.19. The average molecular weight is 356 g/mol. The number of benzene rings is 2. The van der Waals surface area contributed by atoms with Gasteiger partial charge in [0.1, 0.15) is 0 Å². The molecule has 110 valence electrons. The van der Waals surface area contributed by atoms with Gasteiger partial charge in [0.15, 0.2) is 11.6 Å². The van der Waals surface area contributed by atoms with Crippen LogP contribution in [0, 0.1) is 15.9 Å². The predicted molar refractivity (Wildman–Crippen MR) is 77.9 cm³/mol. The van der Waals surface area contributed by atoms with E-state index in [4.69, 9.17) is 4.74 Å². The Hall–Kier alpha value is -1.99. The summed E-state index contributed by atoms with van der Waals surface area (Å²) in [5.41, 5.74) is 0.0426. The summed E-state index contributed by atoms with van der Waals surface area (Å²) in [6.45, 7) is 1.49. The molecule has 0 bridgehead atoms. The standard InChI is InChI=1S/C14H11BrFNO4/c1-8(18)9-2-4-14(12(6-9)17(19)20)21-13-5-3-10(15)7-11(13)16/h2-8,18H,1H3/t8-/m0/s1. The van der Waals surface area contributed by atoms with Gasteiger partial charge in [-0.3, -0.25) is 10.1 Å². The van der Waals surface area contributed by atoms with Crippen LogP contribution in [-0.4, -0.2) is 10.0 Å². The van der Waals surface area contributed by atoms with Gasteiger partial charge in [0.2, 0.25) is 5.75 Å². The smallest absolute Gasteiger partial charge is 0.311 e. The Morgan fingerprint density at radius 1 is 1.29 bits per heavy atom. The first-order chi connectivity index (χ1) is 9.88. The van der Waals surface area contributed by atoms with E-state index in [1.165, 1.54) is 37.3 Å². The number of hydrogen-bond acceptors (Lipinski definition) is 4. The van der Waals surface area contributed by atoms with Gasteiger partial charge < -0.3 is 9.84 Å². The van der Waals surface area contributed by atoms with Gasteiger partial charge in [-0.2, -0.15) is 0 Å². The highest BCUT2D eigenvalue weighted by atomic mass is 79.9. The zero-order valence-electron chi connectivity index (χ0n) is 10.9. The molecule has 2 rings (SSSR count). The molecule has 2 aromatic carbocycles. The van der Waals surface area contributed by atoms with E-state index in [9.17, 15) is 19.6 Å². The average Bonchev–Trinajstić information content (AvgIpc) is 2.41. The summed E-state index contributed by atoms with van der Waals surface area (Å²) in [6.07, 6.45) is -0.845. The summed E-state index contributed by atoms with van der Waals surface area (Å²) >= 11 is 3.11.